The molecule has 0 saturated carbocycles. The van der Waals surface area contributed by atoms with E-state index >= 15 is 0 Å². The highest BCUT2D eigenvalue weighted by Gasteiger charge is 2.31. The Morgan fingerprint density at radius 3 is 2.73 bits per heavy atom. The monoisotopic (exact) mass is 409 g/mol. The minimum atomic E-state index is -0.162. The number of hydrogen-bond donors (Lipinski definition) is 1. The lowest BCUT2D eigenvalue weighted by molar-refractivity contribution is -0.137. The Balaban J connectivity index is 1.27. The molecule has 0 bridgehead atoms. The second-order valence-electron chi connectivity index (χ2n) is 7.73. The first-order valence-corrected chi connectivity index (χ1v) is 10.5. The van der Waals surface area contributed by atoms with Gasteiger partial charge in [-0.1, -0.05) is 12.1 Å². The van der Waals surface area contributed by atoms with Crippen molar-refractivity contribution in [3.05, 3.63) is 59.9 Å². The molecule has 0 unspecified atom stereocenters. The molecule has 2 aliphatic heterocycles. The summed E-state index contributed by atoms with van der Waals surface area (Å²) < 4.78 is 11.4. The van der Waals surface area contributed by atoms with Crippen molar-refractivity contribution in [3.8, 4) is 5.75 Å². The summed E-state index contributed by atoms with van der Waals surface area (Å²) >= 11 is 0. The van der Waals surface area contributed by atoms with Gasteiger partial charge in [0.25, 0.3) is 5.91 Å². The van der Waals surface area contributed by atoms with Crippen LogP contribution in [0.1, 0.15) is 35.3 Å². The fraction of sp³-hybridized carbons (Fsp3) is 0.435. The van der Waals surface area contributed by atoms with Crippen LogP contribution in [0, 0.1) is 5.92 Å². The van der Waals surface area contributed by atoms with E-state index in [1.807, 2.05) is 35.2 Å². The summed E-state index contributed by atoms with van der Waals surface area (Å²) in [5, 5.41) is 2.88. The minimum absolute atomic E-state index is 0.0174. The standard InChI is InChI=1S/C23H27N3O4/c27-22(25-15-19-5-1-2-10-24-19)17-4-3-6-21(14-17)30-20-7-11-26(12-8-20)23(28)18-9-13-29-16-18/h1-6,10,14,18,20H,7-9,11-13,15-16H2,(H,25,27)/t18-/m1/s1. The molecule has 1 aromatic heterocycles. The number of amides is 2. The maximum absolute atomic E-state index is 12.5. The summed E-state index contributed by atoms with van der Waals surface area (Å²) in [5.41, 5.74) is 1.36. The molecule has 1 atom stereocenters. The number of pyridine rings is 1. The van der Waals surface area contributed by atoms with E-state index in [1.165, 1.54) is 0 Å². The predicted octanol–water partition coefficient (Wildman–Crippen LogP) is 2.42. The third-order valence-electron chi connectivity index (χ3n) is 5.59. The quantitative estimate of drug-likeness (QED) is 0.793. The van der Waals surface area contributed by atoms with Crippen molar-refractivity contribution >= 4 is 11.8 Å². The number of ether oxygens (including phenoxy) is 2. The molecule has 0 spiro atoms. The first-order valence-electron chi connectivity index (χ1n) is 10.5. The molecule has 1 aromatic carbocycles. The van der Waals surface area contributed by atoms with E-state index in [1.54, 1.807) is 18.3 Å². The molecule has 2 aromatic rings. The SMILES string of the molecule is O=C(NCc1ccccn1)c1cccc(OC2CCN(C(=O)[C@@H]3CCOC3)CC2)c1. The van der Waals surface area contributed by atoms with Crippen molar-refractivity contribution in [1.82, 2.24) is 15.2 Å². The molecular weight excluding hydrogens is 382 g/mol. The molecular formula is C23H27N3O4. The number of nitrogens with zero attached hydrogens (tertiary/aromatic N) is 2. The van der Waals surface area contributed by atoms with Gasteiger partial charge in [-0.05, 0) is 36.8 Å². The topological polar surface area (TPSA) is 80.8 Å². The lowest BCUT2D eigenvalue weighted by atomic mass is 10.0. The van der Waals surface area contributed by atoms with E-state index in [4.69, 9.17) is 9.47 Å². The van der Waals surface area contributed by atoms with Gasteiger partial charge in [0.15, 0.2) is 0 Å². The highest BCUT2D eigenvalue weighted by molar-refractivity contribution is 5.94. The van der Waals surface area contributed by atoms with Gasteiger partial charge in [0.05, 0.1) is 24.8 Å². The maximum Gasteiger partial charge on any atom is 0.251 e. The van der Waals surface area contributed by atoms with E-state index in [0.717, 1.165) is 25.0 Å². The summed E-state index contributed by atoms with van der Waals surface area (Å²) in [6, 6.07) is 12.8. The molecule has 7 nitrogen and oxygen atoms in total. The van der Waals surface area contributed by atoms with Gasteiger partial charge >= 0.3 is 0 Å². The van der Waals surface area contributed by atoms with Crippen LogP contribution in [0.5, 0.6) is 5.75 Å². The number of piperidine rings is 1. The highest BCUT2D eigenvalue weighted by Crippen LogP contribution is 2.23. The van der Waals surface area contributed by atoms with Crippen LogP contribution in [-0.2, 0) is 16.1 Å². The average molecular weight is 409 g/mol. The van der Waals surface area contributed by atoms with Crippen molar-refractivity contribution in [1.29, 1.82) is 0 Å². The van der Waals surface area contributed by atoms with Gasteiger partial charge in [0, 0.05) is 44.3 Å². The van der Waals surface area contributed by atoms with Crippen molar-refractivity contribution in [2.45, 2.75) is 31.9 Å². The fourth-order valence-electron chi connectivity index (χ4n) is 3.86. The number of likely N-dealkylation sites (tertiary alicyclic amines) is 1. The fourth-order valence-corrected chi connectivity index (χ4v) is 3.86. The predicted molar refractivity (Wildman–Crippen MR) is 111 cm³/mol. The zero-order valence-electron chi connectivity index (χ0n) is 17.0. The van der Waals surface area contributed by atoms with Crippen LogP contribution in [0.3, 0.4) is 0 Å². The lowest BCUT2D eigenvalue weighted by Crippen LogP contribution is -2.44. The number of benzene rings is 1. The second-order valence-corrected chi connectivity index (χ2v) is 7.73. The molecule has 3 heterocycles. The van der Waals surface area contributed by atoms with Crippen LogP contribution in [0.15, 0.2) is 48.7 Å². The van der Waals surface area contributed by atoms with Gasteiger partial charge in [0.1, 0.15) is 11.9 Å². The van der Waals surface area contributed by atoms with Crippen LogP contribution < -0.4 is 10.1 Å². The number of aromatic nitrogens is 1. The van der Waals surface area contributed by atoms with Crippen molar-refractivity contribution in [3.63, 3.8) is 0 Å². The minimum Gasteiger partial charge on any atom is -0.490 e. The Morgan fingerprint density at radius 2 is 2.00 bits per heavy atom. The number of carbonyl (C=O) groups is 2. The van der Waals surface area contributed by atoms with Crippen LogP contribution in [-0.4, -0.2) is 54.1 Å². The highest BCUT2D eigenvalue weighted by atomic mass is 16.5. The van der Waals surface area contributed by atoms with E-state index in [2.05, 4.69) is 10.3 Å². The maximum atomic E-state index is 12.5. The van der Waals surface area contributed by atoms with Crippen LogP contribution in [0.25, 0.3) is 0 Å². The molecule has 2 fully saturated rings. The molecule has 2 aliphatic rings. The van der Waals surface area contributed by atoms with E-state index in [0.29, 0.717) is 44.2 Å². The smallest absolute Gasteiger partial charge is 0.251 e. The zero-order valence-corrected chi connectivity index (χ0v) is 17.0. The van der Waals surface area contributed by atoms with Crippen molar-refractivity contribution < 1.29 is 19.1 Å². The third-order valence-corrected chi connectivity index (χ3v) is 5.59. The largest absolute Gasteiger partial charge is 0.490 e. The molecule has 2 saturated heterocycles. The first-order chi connectivity index (χ1) is 14.7. The molecule has 1 N–H and O–H groups in total. The first kappa shape index (κ1) is 20.3. The van der Waals surface area contributed by atoms with Crippen LogP contribution >= 0.6 is 0 Å². The summed E-state index contributed by atoms with van der Waals surface area (Å²) in [7, 11) is 0. The van der Waals surface area contributed by atoms with Crippen molar-refractivity contribution in [2.24, 2.45) is 5.92 Å². The van der Waals surface area contributed by atoms with Crippen molar-refractivity contribution in [2.75, 3.05) is 26.3 Å². The number of hydrogen-bond acceptors (Lipinski definition) is 5. The van der Waals surface area contributed by atoms with Gasteiger partial charge in [-0.2, -0.15) is 0 Å². The normalized spacial score (nSPS) is 19.5. The Kier molecular flexibility index (Phi) is 6.59. The van der Waals surface area contributed by atoms with Gasteiger partial charge in [-0.25, -0.2) is 0 Å². The number of carbonyl (C=O) groups excluding carboxylic acids is 2. The van der Waals surface area contributed by atoms with Gasteiger partial charge in [-0.15, -0.1) is 0 Å². The average Bonchev–Trinajstić information content (AvgIpc) is 3.33. The molecule has 7 heteroatoms. The molecule has 4 rings (SSSR count). The molecule has 2 amide bonds. The molecule has 0 aliphatic carbocycles. The molecule has 0 radical (unpaired) electrons. The van der Waals surface area contributed by atoms with E-state index < -0.39 is 0 Å². The molecule has 30 heavy (non-hydrogen) atoms. The number of nitrogens with one attached hydrogen (secondary N) is 1. The lowest BCUT2D eigenvalue weighted by Gasteiger charge is -2.33. The van der Waals surface area contributed by atoms with Gasteiger partial charge in [0.2, 0.25) is 5.91 Å². The van der Waals surface area contributed by atoms with Gasteiger partial charge in [-0.3, -0.25) is 14.6 Å². The van der Waals surface area contributed by atoms with Crippen LogP contribution in [0.4, 0.5) is 0 Å². The Bertz CT molecular complexity index is 860. The third kappa shape index (κ3) is 5.16. The molecule has 158 valence electrons. The summed E-state index contributed by atoms with van der Waals surface area (Å²) in [6.45, 7) is 3.00. The Labute approximate surface area is 176 Å². The summed E-state index contributed by atoms with van der Waals surface area (Å²) in [5.74, 6) is 0.737. The summed E-state index contributed by atoms with van der Waals surface area (Å²) in [4.78, 5) is 31.1. The Morgan fingerprint density at radius 1 is 1.13 bits per heavy atom. The van der Waals surface area contributed by atoms with Crippen LogP contribution in [0.2, 0.25) is 0 Å². The Hall–Kier alpha value is -2.93. The van der Waals surface area contributed by atoms with Gasteiger partial charge < -0.3 is 19.7 Å². The van der Waals surface area contributed by atoms with E-state index in [9.17, 15) is 9.59 Å². The van der Waals surface area contributed by atoms with E-state index in [-0.39, 0.29) is 23.8 Å². The second kappa shape index (κ2) is 9.71. The summed E-state index contributed by atoms with van der Waals surface area (Å²) in [6.07, 6.45) is 4.15. The zero-order chi connectivity index (χ0) is 20.8. The number of rotatable bonds is 6.